The van der Waals surface area contributed by atoms with Crippen LogP contribution < -0.4 is 4.74 Å². The van der Waals surface area contributed by atoms with Gasteiger partial charge in [0.1, 0.15) is 0 Å². The minimum absolute atomic E-state index is 0.0436. The predicted molar refractivity (Wildman–Crippen MR) is 128 cm³/mol. The van der Waals surface area contributed by atoms with Gasteiger partial charge in [0.25, 0.3) is 0 Å². The zero-order valence-electron chi connectivity index (χ0n) is 20.0. The standard InChI is InChI=1S/C27H40F2N2O/c1-3-5-7-9-10-11-13-15-19-32-24-18-17-23(25(28)26(24)29)27-30-20-22(21-31-27)16-14-12-8-6-4-2/h17-18,20-21H,3-16,19H2,1-2H3. The molecule has 0 amide bonds. The van der Waals surface area contributed by atoms with E-state index in [1.165, 1.54) is 69.9 Å². The minimum atomic E-state index is -0.967. The van der Waals surface area contributed by atoms with E-state index in [1.807, 2.05) is 0 Å². The molecule has 0 bridgehead atoms. The van der Waals surface area contributed by atoms with Crippen LogP contribution in [0.25, 0.3) is 11.4 Å². The van der Waals surface area contributed by atoms with Crippen LogP contribution in [0.2, 0.25) is 0 Å². The molecule has 0 radical (unpaired) electrons. The Morgan fingerprint density at radius 3 is 1.88 bits per heavy atom. The number of hydrogen-bond donors (Lipinski definition) is 0. The first-order valence-corrected chi connectivity index (χ1v) is 12.6. The van der Waals surface area contributed by atoms with Gasteiger partial charge in [0.2, 0.25) is 5.82 Å². The van der Waals surface area contributed by atoms with Crippen molar-refractivity contribution < 1.29 is 13.5 Å². The van der Waals surface area contributed by atoms with Crippen LogP contribution in [0.1, 0.15) is 103 Å². The van der Waals surface area contributed by atoms with Gasteiger partial charge in [-0.15, -0.1) is 0 Å². The van der Waals surface area contributed by atoms with Crippen molar-refractivity contribution in [1.29, 1.82) is 0 Å². The zero-order valence-corrected chi connectivity index (χ0v) is 20.0. The lowest BCUT2D eigenvalue weighted by atomic mass is 10.1. The third-order valence-electron chi connectivity index (χ3n) is 5.82. The van der Waals surface area contributed by atoms with Crippen LogP contribution in [0, 0.1) is 11.6 Å². The summed E-state index contributed by atoms with van der Waals surface area (Å²) in [6, 6.07) is 2.98. The van der Waals surface area contributed by atoms with Gasteiger partial charge in [0, 0.05) is 12.4 Å². The summed E-state index contributed by atoms with van der Waals surface area (Å²) in [5.74, 6) is -1.76. The normalized spacial score (nSPS) is 11.1. The van der Waals surface area contributed by atoms with Crippen molar-refractivity contribution in [3.8, 4) is 17.1 Å². The van der Waals surface area contributed by atoms with Crippen molar-refractivity contribution in [3.05, 3.63) is 41.7 Å². The number of nitrogens with zero attached hydrogens (tertiary/aromatic N) is 2. The van der Waals surface area contributed by atoms with Gasteiger partial charge in [-0.1, -0.05) is 84.5 Å². The molecule has 32 heavy (non-hydrogen) atoms. The average Bonchev–Trinajstić information content (AvgIpc) is 2.81. The van der Waals surface area contributed by atoms with Gasteiger partial charge in [0.05, 0.1) is 12.2 Å². The second-order valence-electron chi connectivity index (χ2n) is 8.64. The zero-order chi connectivity index (χ0) is 23.0. The number of ether oxygens (including phenoxy) is 1. The van der Waals surface area contributed by atoms with Crippen LogP contribution in [0.3, 0.4) is 0 Å². The van der Waals surface area contributed by atoms with Gasteiger partial charge in [-0.25, -0.2) is 14.4 Å². The highest BCUT2D eigenvalue weighted by Crippen LogP contribution is 2.28. The molecule has 0 fully saturated rings. The van der Waals surface area contributed by atoms with Gasteiger partial charge in [-0.3, -0.25) is 0 Å². The number of hydrogen-bond acceptors (Lipinski definition) is 3. The fourth-order valence-electron chi connectivity index (χ4n) is 3.79. The molecule has 0 aliphatic carbocycles. The Balaban J connectivity index is 1.79. The Morgan fingerprint density at radius 1 is 0.688 bits per heavy atom. The first kappa shape index (κ1) is 26.2. The Bertz CT molecular complexity index is 765. The van der Waals surface area contributed by atoms with Crippen LogP contribution in [0.4, 0.5) is 8.78 Å². The van der Waals surface area contributed by atoms with Gasteiger partial charge < -0.3 is 4.74 Å². The lowest BCUT2D eigenvalue weighted by Gasteiger charge is -2.10. The second-order valence-corrected chi connectivity index (χ2v) is 8.64. The highest BCUT2D eigenvalue weighted by Gasteiger charge is 2.17. The van der Waals surface area contributed by atoms with Crippen molar-refractivity contribution in [3.63, 3.8) is 0 Å². The lowest BCUT2D eigenvalue weighted by Crippen LogP contribution is -2.03. The molecule has 2 rings (SSSR count). The highest BCUT2D eigenvalue weighted by molar-refractivity contribution is 5.57. The summed E-state index contributed by atoms with van der Waals surface area (Å²) in [4.78, 5) is 8.52. The maximum Gasteiger partial charge on any atom is 0.201 e. The summed E-state index contributed by atoms with van der Waals surface area (Å²) in [7, 11) is 0. The summed E-state index contributed by atoms with van der Waals surface area (Å²) < 4.78 is 34.6. The van der Waals surface area contributed by atoms with Crippen molar-refractivity contribution in [2.75, 3.05) is 6.61 Å². The molecule has 2 aromatic rings. The molecule has 5 heteroatoms. The molecule has 0 atom stereocenters. The maximum absolute atomic E-state index is 14.6. The van der Waals surface area contributed by atoms with E-state index in [2.05, 4.69) is 23.8 Å². The smallest absolute Gasteiger partial charge is 0.201 e. The van der Waals surface area contributed by atoms with E-state index in [4.69, 9.17) is 4.74 Å². The molecule has 1 heterocycles. The molecule has 0 N–H and O–H groups in total. The van der Waals surface area contributed by atoms with Crippen molar-refractivity contribution in [2.45, 2.75) is 104 Å². The van der Waals surface area contributed by atoms with Crippen LogP contribution in [0.5, 0.6) is 5.75 Å². The molecule has 0 spiro atoms. The van der Waals surface area contributed by atoms with Gasteiger partial charge in [0.15, 0.2) is 17.4 Å². The maximum atomic E-state index is 14.6. The van der Waals surface area contributed by atoms with E-state index < -0.39 is 11.6 Å². The fraction of sp³-hybridized carbons (Fsp3) is 0.630. The van der Waals surface area contributed by atoms with E-state index in [-0.39, 0.29) is 17.1 Å². The molecule has 0 unspecified atom stereocenters. The van der Waals surface area contributed by atoms with E-state index in [1.54, 1.807) is 12.4 Å². The number of aryl methyl sites for hydroxylation is 1. The number of rotatable bonds is 17. The summed E-state index contributed by atoms with van der Waals surface area (Å²) in [5.41, 5.74) is 1.09. The number of halogens is 2. The Hall–Kier alpha value is -2.04. The summed E-state index contributed by atoms with van der Waals surface area (Å²) in [6.45, 7) is 4.81. The highest BCUT2D eigenvalue weighted by atomic mass is 19.2. The SMILES string of the molecule is CCCCCCCCCCOc1ccc(-c2ncc(CCCCCCC)cn2)c(F)c1F. The van der Waals surface area contributed by atoms with Crippen molar-refractivity contribution in [1.82, 2.24) is 9.97 Å². The quantitative estimate of drug-likeness (QED) is 0.229. The predicted octanol–water partition coefficient (Wildman–Crippen LogP) is 8.45. The molecule has 3 nitrogen and oxygen atoms in total. The third-order valence-corrected chi connectivity index (χ3v) is 5.82. The van der Waals surface area contributed by atoms with E-state index >= 15 is 0 Å². The van der Waals surface area contributed by atoms with Crippen LogP contribution >= 0.6 is 0 Å². The molecule has 1 aromatic heterocycles. The van der Waals surface area contributed by atoms with Crippen LogP contribution in [-0.4, -0.2) is 16.6 Å². The van der Waals surface area contributed by atoms with Crippen molar-refractivity contribution in [2.24, 2.45) is 0 Å². The topological polar surface area (TPSA) is 35.0 Å². The molecular formula is C27H40F2N2O. The van der Waals surface area contributed by atoms with Gasteiger partial charge >= 0.3 is 0 Å². The Kier molecular flexibility index (Phi) is 12.9. The van der Waals surface area contributed by atoms with E-state index in [0.717, 1.165) is 37.7 Å². The molecule has 1 aromatic carbocycles. The third kappa shape index (κ3) is 9.22. The first-order valence-electron chi connectivity index (χ1n) is 12.6. The van der Waals surface area contributed by atoms with Gasteiger partial charge in [-0.05, 0) is 37.0 Å². The molecule has 178 valence electrons. The molecule has 0 aliphatic heterocycles. The molecule has 0 aliphatic rings. The Morgan fingerprint density at radius 2 is 1.25 bits per heavy atom. The molecule has 0 saturated carbocycles. The monoisotopic (exact) mass is 446 g/mol. The van der Waals surface area contributed by atoms with Crippen molar-refractivity contribution >= 4 is 0 Å². The van der Waals surface area contributed by atoms with Gasteiger partial charge in [-0.2, -0.15) is 4.39 Å². The largest absolute Gasteiger partial charge is 0.490 e. The summed E-state index contributed by atoms with van der Waals surface area (Å²) in [5, 5.41) is 0. The van der Waals surface area contributed by atoms with E-state index in [0.29, 0.717) is 6.61 Å². The lowest BCUT2D eigenvalue weighted by molar-refractivity contribution is 0.285. The molecular weight excluding hydrogens is 406 g/mol. The summed E-state index contributed by atoms with van der Waals surface area (Å²) in [6.07, 6.45) is 19.8. The summed E-state index contributed by atoms with van der Waals surface area (Å²) >= 11 is 0. The van der Waals surface area contributed by atoms with Crippen LogP contribution in [-0.2, 0) is 6.42 Å². The first-order chi connectivity index (χ1) is 15.7. The fourth-order valence-corrected chi connectivity index (χ4v) is 3.79. The van der Waals surface area contributed by atoms with E-state index in [9.17, 15) is 8.78 Å². The number of aromatic nitrogens is 2. The minimum Gasteiger partial charge on any atom is -0.490 e. The Labute approximate surface area is 193 Å². The molecule has 0 saturated heterocycles. The average molecular weight is 447 g/mol. The van der Waals surface area contributed by atoms with Crippen LogP contribution in [0.15, 0.2) is 24.5 Å². The second kappa shape index (κ2) is 15.7. The number of benzene rings is 1. The number of unbranched alkanes of at least 4 members (excludes halogenated alkanes) is 11.